The zero-order chi connectivity index (χ0) is 15.8. The van der Waals surface area contributed by atoms with E-state index < -0.39 is 0 Å². The molecule has 0 aliphatic heterocycles. The molecule has 0 saturated heterocycles. The number of nitrogens with two attached hydrogens (primary N) is 1. The Hall–Kier alpha value is -1.76. The van der Waals surface area contributed by atoms with Crippen molar-refractivity contribution in [1.29, 1.82) is 0 Å². The van der Waals surface area contributed by atoms with E-state index in [0.29, 0.717) is 12.5 Å². The molecule has 124 valence electrons. The smallest absolute Gasteiger partial charge is 0.193 e. The van der Waals surface area contributed by atoms with E-state index >= 15 is 0 Å². The SMILES string of the molecule is Cc1ccc(NC(N)=NCCCNc2ccccc2)cc1C.I. The van der Waals surface area contributed by atoms with E-state index in [-0.39, 0.29) is 24.0 Å². The van der Waals surface area contributed by atoms with Crippen LogP contribution in [0.5, 0.6) is 0 Å². The van der Waals surface area contributed by atoms with E-state index in [9.17, 15) is 0 Å². The van der Waals surface area contributed by atoms with Gasteiger partial charge in [0.1, 0.15) is 0 Å². The summed E-state index contributed by atoms with van der Waals surface area (Å²) in [7, 11) is 0. The predicted octanol–water partition coefficient (Wildman–Crippen LogP) is 4.15. The highest BCUT2D eigenvalue weighted by molar-refractivity contribution is 14.0. The lowest BCUT2D eigenvalue weighted by Crippen LogP contribution is -2.23. The summed E-state index contributed by atoms with van der Waals surface area (Å²) in [4.78, 5) is 4.35. The zero-order valence-electron chi connectivity index (χ0n) is 13.7. The fourth-order valence-corrected chi connectivity index (χ4v) is 2.07. The van der Waals surface area contributed by atoms with Gasteiger partial charge in [-0.1, -0.05) is 24.3 Å². The average molecular weight is 424 g/mol. The van der Waals surface area contributed by atoms with Crippen LogP contribution in [0.25, 0.3) is 0 Å². The van der Waals surface area contributed by atoms with Gasteiger partial charge in [0.15, 0.2) is 5.96 Å². The molecular formula is C18H25IN4. The lowest BCUT2D eigenvalue weighted by atomic mass is 10.1. The minimum absolute atomic E-state index is 0. The molecule has 4 N–H and O–H groups in total. The summed E-state index contributed by atoms with van der Waals surface area (Å²) in [6.07, 6.45) is 0.935. The van der Waals surface area contributed by atoms with Crippen LogP contribution in [0.15, 0.2) is 53.5 Å². The second-order valence-electron chi connectivity index (χ2n) is 5.34. The Morgan fingerprint density at radius 3 is 2.43 bits per heavy atom. The third-order valence-corrected chi connectivity index (χ3v) is 3.50. The molecule has 0 heterocycles. The molecule has 0 radical (unpaired) electrons. The summed E-state index contributed by atoms with van der Waals surface area (Å²) >= 11 is 0. The number of guanidine groups is 1. The zero-order valence-corrected chi connectivity index (χ0v) is 16.0. The summed E-state index contributed by atoms with van der Waals surface area (Å²) in [6.45, 7) is 5.76. The highest BCUT2D eigenvalue weighted by Crippen LogP contribution is 2.13. The van der Waals surface area contributed by atoms with Crippen molar-refractivity contribution in [2.75, 3.05) is 23.7 Å². The number of aliphatic imine (C=N–C) groups is 1. The highest BCUT2D eigenvalue weighted by Gasteiger charge is 1.98. The summed E-state index contributed by atoms with van der Waals surface area (Å²) in [5, 5.41) is 6.48. The Morgan fingerprint density at radius 2 is 1.74 bits per heavy atom. The molecule has 2 aromatic carbocycles. The van der Waals surface area contributed by atoms with Crippen molar-refractivity contribution in [1.82, 2.24) is 0 Å². The van der Waals surface area contributed by atoms with E-state index in [1.165, 1.54) is 11.1 Å². The van der Waals surface area contributed by atoms with E-state index in [4.69, 9.17) is 5.73 Å². The van der Waals surface area contributed by atoms with Crippen molar-refractivity contribution in [2.45, 2.75) is 20.3 Å². The molecule has 0 atom stereocenters. The van der Waals surface area contributed by atoms with Gasteiger partial charge in [0.25, 0.3) is 0 Å². The van der Waals surface area contributed by atoms with Crippen LogP contribution < -0.4 is 16.4 Å². The van der Waals surface area contributed by atoms with Gasteiger partial charge in [-0.2, -0.15) is 0 Å². The minimum atomic E-state index is 0. The predicted molar refractivity (Wildman–Crippen MR) is 111 cm³/mol. The van der Waals surface area contributed by atoms with Crippen molar-refractivity contribution >= 4 is 41.3 Å². The number of halogens is 1. The fourth-order valence-electron chi connectivity index (χ4n) is 2.07. The van der Waals surface area contributed by atoms with E-state index in [1.807, 2.05) is 24.3 Å². The number of hydrogen-bond donors (Lipinski definition) is 3. The molecule has 4 nitrogen and oxygen atoms in total. The maximum absolute atomic E-state index is 5.91. The molecule has 0 unspecified atom stereocenters. The molecule has 0 aromatic heterocycles. The number of benzene rings is 2. The number of anilines is 2. The normalized spacial score (nSPS) is 10.8. The van der Waals surface area contributed by atoms with Crippen molar-refractivity contribution in [3.05, 3.63) is 59.7 Å². The Morgan fingerprint density at radius 1 is 1.00 bits per heavy atom. The molecule has 0 spiro atoms. The van der Waals surface area contributed by atoms with E-state index in [0.717, 1.165) is 24.3 Å². The van der Waals surface area contributed by atoms with Crippen molar-refractivity contribution in [3.8, 4) is 0 Å². The first kappa shape index (κ1) is 19.3. The van der Waals surface area contributed by atoms with Crippen LogP contribution in [0.2, 0.25) is 0 Å². The number of nitrogens with one attached hydrogen (secondary N) is 2. The summed E-state index contributed by atoms with van der Waals surface area (Å²) < 4.78 is 0. The second kappa shape index (κ2) is 10.1. The van der Waals surface area contributed by atoms with Gasteiger partial charge in [-0.05, 0) is 55.7 Å². The standard InChI is InChI=1S/C18H24N4.HI/c1-14-9-10-17(13-15(14)2)22-18(19)21-12-6-11-20-16-7-4-3-5-8-16;/h3-5,7-10,13,20H,6,11-12H2,1-2H3,(H3,19,21,22);1H. The largest absolute Gasteiger partial charge is 0.385 e. The molecule has 0 amide bonds. The molecule has 0 aliphatic rings. The van der Waals surface area contributed by atoms with Crippen LogP contribution in [0, 0.1) is 13.8 Å². The van der Waals surface area contributed by atoms with Gasteiger partial charge in [0.05, 0.1) is 0 Å². The molecule has 0 saturated carbocycles. The quantitative estimate of drug-likeness (QED) is 0.283. The number of para-hydroxylation sites is 1. The van der Waals surface area contributed by atoms with Crippen LogP contribution in [0.1, 0.15) is 17.5 Å². The Kier molecular flexibility index (Phi) is 8.47. The fraction of sp³-hybridized carbons (Fsp3) is 0.278. The Balaban J connectivity index is 0.00000264. The van der Waals surface area contributed by atoms with Gasteiger partial charge >= 0.3 is 0 Å². The van der Waals surface area contributed by atoms with Gasteiger partial charge in [0, 0.05) is 24.5 Å². The van der Waals surface area contributed by atoms with Crippen LogP contribution in [-0.4, -0.2) is 19.0 Å². The van der Waals surface area contributed by atoms with Crippen LogP contribution >= 0.6 is 24.0 Å². The third-order valence-electron chi connectivity index (χ3n) is 3.50. The van der Waals surface area contributed by atoms with Crippen molar-refractivity contribution in [3.63, 3.8) is 0 Å². The van der Waals surface area contributed by atoms with Crippen LogP contribution in [0.4, 0.5) is 11.4 Å². The molecule has 0 bridgehead atoms. The molecule has 5 heteroatoms. The summed E-state index contributed by atoms with van der Waals surface area (Å²) in [6, 6.07) is 16.3. The number of aryl methyl sites for hydroxylation is 2. The number of nitrogens with zero attached hydrogens (tertiary/aromatic N) is 1. The highest BCUT2D eigenvalue weighted by atomic mass is 127. The molecule has 0 aliphatic carbocycles. The molecule has 23 heavy (non-hydrogen) atoms. The van der Waals surface area contributed by atoms with Gasteiger partial charge in [-0.25, -0.2) is 0 Å². The van der Waals surface area contributed by atoms with Gasteiger partial charge < -0.3 is 16.4 Å². The molecule has 2 rings (SSSR count). The number of rotatable bonds is 6. The van der Waals surface area contributed by atoms with Gasteiger partial charge in [0.2, 0.25) is 0 Å². The van der Waals surface area contributed by atoms with Crippen molar-refractivity contribution in [2.24, 2.45) is 10.7 Å². The summed E-state index contributed by atoms with van der Waals surface area (Å²) in [5.41, 5.74) is 10.5. The lowest BCUT2D eigenvalue weighted by Gasteiger charge is -2.08. The number of hydrogen-bond acceptors (Lipinski definition) is 2. The minimum Gasteiger partial charge on any atom is -0.385 e. The molecule has 0 fully saturated rings. The van der Waals surface area contributed by atoms with Crippen LogP contribution in [0.3, 0.4) is 0 Å². The third kappa shape index (κ3) is 6.90. The topological polar surface area (TPSA) is 62.4 Å². The Labute approximate surface area is 155 Å². The summed E-state index contributed by atoms with van der Waals surface area (Å²) in [5.74, 6) is 0.461. The monoisotopic (exact) mass is 424 g/mol. The maximum Gasteiger partial charge on any atom is 0.193 e. The molecule has 2 aromatic rings. The first-order chi connectivity index (χ1) is 10.6. The molecular weight excluding hydrogens is 399 g/mol. The van der Waals surface area contributed by atoms with Gasteiger partial charge in [-0.3, -0.25) is 4.99 Å². The van der Waals surface area contributed by atoms with Crippen molar-refractivity contribution < 1.29 is 0 Å². The maximum atomic E-state index is 5.91. The van der Waals surface area contributed by atoms with Crippen LogP contribution in [-0.2, 0) is 0 Å². The average Bonchev–Trinajstić information content (AvgIpc) is 2.52. The van der Waals surface area contributed by atoms with E-state index in [1.54, 1.807) is 0 Å². The second-order valence-corrected chi connectivity index (χ2v) is 5.34. The Bertz CT molecular complexity index is 626. The lowest BCUT2D eigenvalue weighted by molar-refractivity contribution is 0.873. The first-order valence-electron chi connectivity index (χ1n) is 7.58. The van der Waals surface area contributed by atoms with Gasteiger partial charge in [-0.15, -0.1) is 24.0 Å². The van der Waals surface area contributed by atoms with E-state index in [2.05, 4.69) is 53.7 Å². The first-order valence-corrected chi connectivity index (χ1v) is 7.58.